The van der Waals surface area contributed by atoms with Crippen molar-refractivity contribution in [3.05, 3.63) is 23.8 Å². The summed E-state index contributed by atoms with van der Waals surface area (Å²) in [5.74, 6) is 0.833. The minimum Gasteiger partial charge on any atom is -0.492 e. The Bertz CT molecular complexity index is 475. The molecule has 110 valence electrons. The van der Waals surface area contributed by atoms with Gasteiger partial charge >= 0.3 is 0 Å². The molecule has 20 heavy (non-hydrogen) atoms. The summed E-state index contributed by atoms with van der Waals surface area (Å²) in [6.45, 7) is 2.96. The Balaban J connectivity index is 0.00000147. The van der Waals surface area contributed by atoms with E-state index in [1.54, 1.807) is 0 Å². The molecule has 0 aromatic heterocycles. The zero-order chi connectivity index (χ0) is 13.1. The largest absolute Gasteiger partial charge is 0.492 e. The summed E-state index contributed by atoms with van der Waals surface area (Å²) >= 11 is 0. The number of hydrogen-bond acceptors (Lipinski definition) is 4. The minimum absolute atomic E-state index is 0. The Hall–Kier alpha value is -1.30. The predicted octanol–water partition coefficient (Wildman–Crippen LogP) is 1.71. The fourth-order valence-corrected chi connectivity index (χ4v) is 2.40. The van der Waals surface area contributed by atoms with Crippen LogP contribution in [0.15, 0.2) is 18.2 Å². The lowest BCUT2D eigenvalue weighted by atomic mass is 10.1. The standard InChI is InChI=1S/C14H18N2O3.ClH/c17-14(13-2-1-6-18-13)16-11-3-4-12-10(8-11)9-15-5-7-19-12;/h3-4,8,13,15H,1-2,5-7,9H2,(H,16,17);1H/t13-;/m0./s1. The Morgan fingerprint density at radius 2 is 2.25 bits per heavy atom. The molecule has 5 nitrogen and oxygen atoms in total. The second-order valence-corrected chi connectivity index (χ2v) is 4.84. The van der Waals surface area contributed by atoms with Crippen LogP contribution in [0.4, 0.5) is 5.69 Å². The number of amides is 1. The first-order chi connectivity index (χ1) is 9.33. The van der Waals surface area contributed by atoms with Crippen molar-refractivity contribution in [1.29, 1.82) is 0 Å². The molecule has 1 aromatic rings. The van der Waals surface area contributed by atoms with Gasteiger partial charge in [0.25, 0.3) is 5.91 Å². The van der Waals surface area contributed by atoms with E-state index in [2.05, 4.69) is 10.6 Å². The van der Waals surface area contributed by atoms with Crippen molar-refractivity contribution in [2.24, 2.45) is 0 Å². The first kappa shape index (κ1) is 15.1. The summed E-state index contributed by atoms with van der Waals surface area (Å²) in [4.78, 5) is 12.0. The van der Waals surface area contributed by atoms with Crippen LogP contribution in [0.25, 0.3) is 0 Å². The lowest BCUT2D eigenvalue weighted by Gasteiger charge is -2.12. The van der Waals surface area contributed by atoms with Crippen molar-refractivity contribution in [3.8, 4) is 5.75 Å². The third kappa shape index (κ3) is 3.42. The maximum absolute atomic E-state index is 12.0. The number of carbonyl (C=O) groups excluding carboxylic acids is 1. The highest BCUT2D eigenvalue weighted by atomic mass is 35.5. The van der Waals surface area contributed by atoms with Gasteiger partial charge in [-0.3, -0.25) is 4.79 Å². The number of anilines is 1. The van der Waals surface area contributed by atoms with Crippen LogP contribution in [0.2, 0.25) is 0 Å². The van der Waals surface area contributed by atoms with Gasteiger partial charge in [-0.05, 0) is 31.0 Å². The molecule has 0 saturated carbocycles. The second kappa shape index (κ2) is 6.92. The monoisotopic (exact) mass is 298 g/mol. The maximum Gasteiger partial charge on any atom is 0.253 e. The number of fused-ring (bicyclic) bond motifs is 1. The smallest absolute Gasteiger partial charge is 0.253 e. The van der Waals surface area contributed by atoms with Crippen LogP contribution >= 0.6 is 12.4 Å². The summed E-state index contributed by atoms with van der Waals surface area (Å²) in [6, 6.07) is 5.74. The summed E-state index contributed by atoms with van der Waals surface area (Å²) in [5, 5.41) is 6.18. The van der Waals surface area contributed by atoms with Crippen LogP contribution in [-0.4, -0.2) is 31.8 Å². The number of halogens is 1. The SMILES string of the molecule is Cl.O=C(Nc1ccc2c(c1)CNCCO2)[C@@H]1CCCO1. The predicted molar refractivity (Wildman–Crippen MR) is 78.5 cm³/mol. The molecule has 2 heterocycles. The third-order valence-corrected chi connectivity index (χ3v) is 3.40. The number of ether oxygens (including phenoxy) is 2. The highest BCUT2D eigenvalue weighted by Crippen LogP contribution is 2.24. The fraction of sp³-hybridized carbons (Fsp3) is 0.500. The number of nitrogens with one attached hydrogen (secondary N) is 2. The molecule has 0 bridgehead atoms. The van der Waals surface area contributed by atoms with E-state index in [4.69, 9.17) is 9.47 Å². The lowest BCUT2D eigenvalue weighted by molar-refractivity contribution is -0.124. The summed E-state index contributed by atoms with van der Waals surface area (Å²) in [6.07, 6.45) is 1.47. The van der Waals surface area contributed by atoms with Crippen LogP contribution in [0.5, 0.6) is 5.75 Å². The van der Waals surface area contributed by atoms with Gasteiger partial charge in [0.05, 0.1) is 0 Å². The summed E-state index contributed by atoms with van der Waals surface area (Å²) < 4.78 is 11.0. The van der Waals surface area contributed by atoms with Crippen molar-refractivity contribution in [3.63, 3.8) is 0 Å². The van der Waals surface area contributed by atoms with Crippen molar-refractivity contribution < 1.29 is 14.3 Å². The van der Waals surface area contributed by atoms with Crippen molar-refractivity contribution in [2.75, 3.05) is 25.1 Å². The highest BCUT2D eigenvalue weighted by molar-refractivity contribution is 5.94. The normalized spacial score (nSPS) is 21.1. The number of carbonyl (C=O) groups is 1. The molecule has 2 aliphatic heterocycles. The van der Waals surface area contributed by atoms with Gasteiger partial charge < -0.3 is 20.1 Å². The lowest BCUT2D eigenvalue weighted by Crippen LogP contribution is -2.26. The van der Waals surface area contributed by atoms with Crippen LogP contribution in [-0.2, 0) is 16.1 Å². The molecule has 2 aliphatic rings. The first-order valence-electron chi connectivity index (χ1n) is 6.72. The van der Waals surface area contributed by atoms with E-state index in [9.17, 15) is 4.79 Å². The summed E-state index contributed by atoms with van der Waals surface area (Å²) in [5.41, 5.74) is 1.87. The van der Waals surface area contributed by atoms with Gasteiger partial charge in [-0.25, -0.2) is 0 Å². The molecular formula is C14H19ClN2O3. The molecule has 1 atom stereocenters. The van der Waals surface area contributed by atoms with Crippen LogP contribution < -0.4 is 15.4 Å². The van der Waals surface area contributed by atoms with Gasteiger partial charge in [-0.1, -0.05) is 0 Å². The molecular weight excluding hydrogens is 280 g/mol. The van der Waals surface area contributed by atoms with E-state index in [0.717, 1.165) is 42.9 Å². The van der Waals surface area contributed by atoms with E-state index >= 15 is 0 Å². The van der Waals surface area contributed by atoms with Crippen molar-refractivity contribution in [1.82, 2.24) is 5.32 Å². The quantitative estimate of drug-likeness (QED) is 0.873. The summed E-state index contributed by atoms with van der Waals surface area (Å²) in [7, 11) is 0. The van der Waals surface area contributed by atoms with E-state index in [-0.39, 0.29) is 24.4 Å². The second-order valence-electron chi connectivity index (χ2n) is 4.84. The van der Waals surface area contributed by atoms with Crippen molar-refractivity contribution >= 4 is 24.0 Å². The van der Waals surface area contributed by atoms with Gasteiger partial charge in [-0.15, -0.1) is 12.4 Å². The van der Waals surface area contributed by atoms with E-state index in [1.165, 1.54) is 0 Å². The van der Waals surface area contributed by atoms with Crippen LogP contribution in [0, 0.1) is 0 Å². The topological polar surface area (TPSA) is 59.6 Å². The third-order valence-electron chi connectivity index (χ3n) is 3.40. The number of rotatable bonds is 2. The molecule has 1 saturated heterocycles. The molecule has 0 spiro atoms. The molecule has 2 N–H and O–H groups in total. The Kier molecular flexibility index (Phi) is 5.23. The average Bonchev–Trinajstić information content (AvgIpc) is 2.85. The fourth-order valence-electron chi connectivity index (χ4n) is 2.40. The Morgan fingerprint density at radius 1 is 1.35 bits per heavy atom. The molecule has 1 aromatic carbocycles. The van der Waals surface area contributed by atoms with Gasteiger partial charge in [0, 0.05) is 30.9 Å². The van der Waals surface area contributed by atoms with Gasteiger partial charge in [-0.2, -0.15) is 0 Å². The van der Waals surface area contributed by atoms with Crippen molar-refractivity contribution in [2.45, 2.75) is 25.5 Å². The molecule has 0 unspecified atom stereocenters. The zero-order valence-electron chi connectivity index (χ0n) is 11.2. The number of hydrogen-bond donors (Lipinski definition) is 2. The first-order valence-corrected chi connectivity index (χ1v) is 6.72. The highest BCUT2D eigenvalue weighted by Gasteiger charge is 2.23. The Labute approximate surface area is 124 Å². The van der Waals surface area contributed by atoms with Crippen LogP contribution in [0.1, 0.15) is 18.4 Å². The molecule has 1 amide bonds. The van der Waals surface area contributed by atoms with E-state index in [1.807, 2.05) is 18.2 Å². The molecule has 1 fully saturated rings. The maximum atomic E-state index is 12.0. The molecule has 3 rings (SSSR count). The van der Waals surface area contributed by atoms with Gasteiger partial charge in [0.2, 0.25) is 0 Å². The molecule has 0 aliphatic carbocycles. The Morgan fingerprint density at radius 3 is 3.05 bits per heavy atom. The van der Waals surface area contributed by atoms with Gasteiger partial charge in [0.15, 0.2) is 0 Å². The van der Waals surface area contributed by atoms with E-state index in [0.29, 0.717) is 13.2 Å². The van der Waals surface area contributed by atoms with E-state index < -0.39 is 0 Å². The molecule has 6 heteroatoms. The zero-order valence-corrected chi connectivity index (χ0v) is 12.0. The average molecular weight is 299 g/mol. The number of benzene rings is 1. The van der Waals surface area contributed by atoms with Crippen LogP contribution in [0.3, 0.4) is 0 Å². The van der Waals surface area contributed by atoms with Gasteiger partial charge in [0.1, 0.15) is 18.5 Å². The molecule has 0 radical (unpaired) electrons. The minimum atomic E-state index is -0.298.